The number of ether oxygens (including phenoxy) is 1. The van der Waals surface area contributed by atoms with E-state index in [-0.39, 0.29) is 18.1 Å². The standard InChI is InChI=1S/C26H23ClN2O3/c1-3-32-21-9-6-8-20(15-21)28-24-23(18-13-11-17(2)12-14-18)25(30)29(26(24)31)16-19-7-4-5-10-22(19)27/h4-15,28H,3,16H2,1-2H3. The first-order valence-corrected chi connectivity index (χ1v) is 10.8. The van der Waals surface area contributed by atoms with Gasteiger partial charge in [0.25, 0.3) is 11.8 Å². The van der Waals surface area contributed by atoms with E-state index in [0.29, 0.717) is 39.8 Å². The van der Waals surface area contributed by atoms with Crippen LogP contribution in [-0.2, 0) is 16.1 Å². The van der Waals surface area contributed by atoms with Crippen LogP contribution in [0.4, 0.5) is 5.69 Å². The van der Waals surface area contributed by atoms with Crippen LogP contribution in [0.1, 0.15) is 23.6 Å². The fraction of sp³-hybridized carbons (Fsp3) is 0.154. The van der Waals surface area contributed by atoms with Gasteiger partial charge in [-0.1, -0.05) is 65.7 Å². The Balaban J connectivity index is 1.73. The van der Waals surface area contributed by atoms with Crippen LogP contribution >= 0.6 is 11.6 Å². The molecule has 1 aliphatic heterocycles. The molecular weight excluding hydrogens is 424 g/mol. The molecule has 2 amide bonds. The summed E-state index contributed by atoms with van der Waals surface area (Å²) in [6, 6.07) is 22.1. The molecule has 0 unspecified atom stereocenters. The highest BCUT2D eigenvalue weighted by Crippen LogP contribution is 2.33. The van der Waals surface area contributed by atoms with Crippen molar-refractivity contribution >= 4 is 34.7 Å². The van der Waals surface area contributed by atoms with Crippen molar-refractivity contribution in [3.05, 3.63) is 100 Å². The number of amides is 2. The number of imide groups is 1. The number of nitrogens with one attached hydrogen (secondary N) is 1. The molecule has 6 heteroatoms. The number of aryl methyl sites for hydroxylation is 1. The van der Waals surface area contributed by atoms with E-state index in [0.717, 1.165) is 5.56 Å². The largest absolute Gasteiger partial charge is 0.494 e. The molecule has 32 heavy (non-hydrogen) atoms. The molecule has 0 aromatic heterocycles. The van der Waals surface area contributed by atoms with Crippen LogP contribution in [-0.4, -0.2) is 23.3 Å². The van der Waals surface area contributed by atoms with Gasteiger partial charge >= 0.3 is 0 Å². The van der Waals surface area contributed by atoms with Crippen molar-refractivity contribution in [2.75, 3.05) is 11.9 Å². The summed E-state index contributed by atoms with van der Waals surface area (Å²) in [6.45, 7) is 4.51. The van der Waals surface area contributed by atoms with Crippen molar-refractivity contribution in [2.24, 2.45) is 0 Å². The summed E-state index contributed by atoms with van der Waals surface area (Å²) in [5.41, 5.74) is 3.69. The molecule has 0 saturated carbocycles. The van der Waals surface area contributed by atoms with Crippen molar-refractivity contribution < 1.29 is 14.3 Å². The minimum absolute atomic E-state index is 0.0941. The number of benzene rings is 3. The predicted octanol–water partition coefficient (Wildman–Crippen LogP) is 5.44. The molecule has 0 spiro atoms. The fourth-order valence-corrected chi connectivity index (χ4v) is 3.79. The van der Waals surface area contributed by atoms with E-state index in [9.17, 15) is 9.59 Å². The third-order valence-electron chi connectivity index (χ3n) is 5.21. The third-order valence-corrected chi connectivity index (χ3v) is 5.58. The molecule has 0 bridgehead atoms. The first-order chi connectivity index (χ1) is 15.5. The van der Waals surface area contributed by atoms with Gasteiger partial charge in [0.05, 0.1) is 18.7 Å². The zero-order chi connectivity index (χ0) is 22.7. The average Bonchev–Trinajstić information content (AvgIpc) is 3.01. The van der Waals surface area contributed by atoms with Crippen LogP contribution in [0.5, 0.6) is 5.75 Å². The van der Waals surface area contributed by atoms with Gasteiger partial charge < -0.3 is 10.1 Å². The number of nitrogens with zero attached hydrogens (tertiary/aromatic N) is 1. The molecular formula is C26H23ClN2O3. The van der Waals surface area contributed by atoms with Crippen LogP contribution < -0.4 is 10.1 Å². The summed E-state index contributed by atoms with van der Waals surface area (Å²) in [6.07, 6.45) is 0. The molecule has 1 heterocycles. The molecule has 1 aliphatic rings. The monoisotopic (exact) mass is 446 g/mol. The van der Waals surface area contributed by atoms with E-state index in [1.165, 1.54) is 4.90 Å². The Hall–Kier alpha value is -3.57. The summed E-state index contributed by atoms with van der Waals surface area (Å²) >= 11 is 6.29. The molecule has 4 rings (SSSR count). The highest BCUT2D eigenvalue weighted by atomic mass is 35.5. The van der Waals surface area contributed by atoms with Crippen molar-refractivity contribution in [2.45, 2.75) is 20.4 Å². The van der Waals surface area contributed by atoms with Gasteiger partial charge in [0.15, 0.2) is 0 Å². The Kier molecular flexibility index (Phi) is 6.28. The van der Waals surface area contributed by atoms with Gasteiger partial charge in [0, 0.05) is 16.8 Å². The topological polar surface area (TPSA) is 58.6 Å². The van der Waals surface area contributed by atoms with Gasteiger partial charge in [0.2, 0.25) is 0 Å². The number of hydrogen-bond acceptors (Lipinski definition) is 4. The minimum atomic E-state index is -0.396. The SMILES string of the molecule is CCOc1cccc(NC2=C(c3ccc(C)cc3)C(=O)N(Cc3ccccc3Cl)C2=O)c1. The van der Waals surface area contributed by atoms with Gasteiger partial charge in [0.1, 0.15) is 11.4 Å². The number of anilines is 1. The van der Waals surface area contributed by atoms with Gasteiger partial charge in [-0.15, -0.1) is 0 Å². The number of carbonyl (C=O) groups is 2. The Morgan fingerprint density at radius 1 is 0.938 bits per heavy atom. The second-order valence-electron chi connectivity index (χ2n) is 7.49. The van der Waals surface area contributed by atoms with E-state index in [4.69, 9.17) is 16.3 Å². The summed E-state index contributed by atoms with van der Waals surface area (Å²) in [5.74, 6) is -0.0748. The smallest absolute Gasteiger partial charge is 0.278 e. The quantitative estimate of drug-likeness (QED) is 0.491. The van der Waals surface area contributed by atoms with Crippen molar-refractivity contribution in [1.82, 2.24) is 4.90 Å². The van der Waals surface area contributed by atoms with E-state index in [1.807, 2.05) is 74.5 Å². The van der Waals surface area contributed by atoms with Crippen LogP contribution in [0.25, 0.3) is 5.57 Å². The number of carbonyl (C=O) groups excluding carboxylic acids is 2. The van der Waals surface area contributed by atoms with Crippen LogP contribution in [0.2, 0.25) is 5.02 Å². The van der Waals surface area contributed by atoms with Crippen LogP contribution in [0, 0.1) is 6.92 Å². The number of hydrogen-bond donors (Lipinski definition) is 1. The molecule has 0 aliphatic carbocycles. The molecule has 3 aromatic carbocycles. The Morgan fingerprint density at radius 3 is 2.41 bits per heavy atom. The predicted molar refractivity (Wildman–Crippen MR) is 126 cm³/mol. The lowest BCUT2D eigenvalue weighted by Crippen LogP contribution is -2.32. The zero-order valence-corrected chi connectivity index (χ0v) is 18.6. The van der Waals surface area contributed by atoms with Crippen molar-refractivity contribution in [3.63, 3.8) is 0 Å². The number of halogens is 1. The van der Waals surface area contributed by atoms with E-state index < -0.39 is 5.91 Å². The maximum Gasteiger partial charge on any atom is 0.278 e. The number of rotatable bonds is 7. The van der Waals surface area contributed by atoms with Gasteiger partial charge in [-0.3, -0.25) is 14.5 Å². The fourth-order valence-electron chi connectivity index (χ4n) is 3.60. The zero-order valence-electron chi connectivity index (χ0n) is 17.9. The lowest BCUT2D eigenvalue weighted by molar-refractivity contribution is -0.137. The van der Waals surface area contributed by atoms with Crippen LogP contribution in [0.15, 0.2) is 78.5 Å². The molecule has 0 saturated heterocycles. The summed E-state index contributed by atoms with van der Waals surface area (Å²) < 4.78 is 5.56. The van der Waals surface area contributed by atoms with Crippen LogP contribution in [0.3, 0.4) is 0 Å². The average molecular weight is 447 g/mol. The van der Waals surface area contributed by atoms with E-state index in [2.05, 4.69) is 5.32 Å². The van der Waals surface area contributed by atoms with E-state index >= 15 is 0 Å². The van der Waals surface area contributed by atoms with Crippen molar-refractivity contribution in [1.29, 1.82) is 0 Å². The molecule has 3 aromatic rings. The summed E-state index contributed by atoms with van der Waals surface area (Å²) in [7, 11) is 0. The van der Waals surface area contributed by atoms with Gasteiger partial charge in [-0.25, -0.2) is 0 Å². The van der Waals surface area contributed by atoms with Gasteiger partial charge in [-0.05, 0) is 43.2 Å². The first kappa shape index (κ1) is 21.7. The lowest BCUT2D eigenvalue weighted by Gasteiger charge is -2.16. The molecule has 5 nitrogen and oxygen atoms in total. The Labute approximate surface area is 192 Å². The Morgan fingerprint density at radius 2 is 1.69 bits per heavy atom. The summed E-state index contributed by atoms with van der Waals surface area (Å²) in [5, 5.41) is 3.68. The van der Waals surface area contributed by atoms with Crippen molar-refractivity contribution in [3.8, 4) is 5.75 Å². The van der Waals surface area contributed by atoms with Gasteiger partial charge in [-0.2, -0.15) is 0 Å². The molecule has 0 radical (unpaired) electrons. The third kappa shape index (κ3) is 4.39. The molecule has 1 N–H and O–H groups in total. The second kappa shape index (κ2) is 9.28. The second-order valence-corrected chi connectivity index (χ2v) is 7.90. The first-order valence-electron chi connectivity index (χ1n) is 10.4. The lowest BCUT2D eigenvalue weighted by atomic mass is 10.0. The molecule has 0 atom stereocenters. The highest BCUT2D eigenvalue weighted by Gasteiger charge is 2.39. The maximum atomic E-state index is 13.4. The van der Waals surface area contributed by atoms with E-state index in [1.54, 1.807) is 12.1 Å². The maximum absolute atomic E-state index is 13.4. The Bertz CT molecular complexity index is 1200. The molecule has 162 valence electrons. The summed E-state index contributed by atoms with van der Waals surface area (Å²) in [4.78, 5) is 28.1. The molecule has 0 fully saturated rings. The normalized spacial score (nSPS) is 13.7. The highest BCUT2D eigenvalue weighted by molar-refractivity contribution is 6.36. The minimum Gasteiger partial charge on any atom is -0.494 e.